The number of halogens is 2. The third-order valence-corrected chi connectivity index (χ3v) is 2.95. The number of hydrogen-bond acceptors (Lipinski definition) is 3. The van der Waals surface area contributed by atoms with Gasteiger partial charge in [0.25, 0.3) is 0 Å². The van der Waals surface area contributed by atoms with Crippen LogP contribution in [-0.2, 0) is 6.61 Å². The largest absolute Gasteiger partial charge is 0.487 e. The lowest BCUT2D eigenvalue weighted by Crippen LogP contribution is -2.10. The fourth-order valence-electron chi connectivity index (χ4n) is 1.43. The number of ether oxygens (including phenoxy) is 1. The van der Waals surface area contributed by atoms with Gasteiger partial charge in [-0.05, 0) is 36.4 Å². The van der Waals surface area contributed by atoms with Gasteiger partial charge >= 0.3 is 0 Å². The van der Waals surface area contributed by atoms with E-state index in [0.717, 1.165) is 0 Å². The number of hydrogen-bond donors (Lipinski definition) is 1. The first-order chi connectivity index (χ1) is 9.06. The highest BCUT2D eigenvalue weighted by Gasteiger charge is 2.05. The molecule has 19 heavy (non-hydrogen) atoms. The highest BCUT2D eigenvalue weighted by Crippen LogP contribution is 2.19. The smallest absolute Gasteiger partial charge is 0.248 e. The molecule has 98 valence electrons. The van der Waals surface area contributed by atoms with E-state index in [0.29, 0.717) is 27.2 Å². The summed E-state index contributed by atoms with van der Waals surface area (Å²) in [6.07, 6.45) is 0. The maximum atomic E-state index is 10.9. The third kappa shape index (κ3) is 3.59. The molecule has 2 rings (SSSR count). The van der Waals surface area contributed by atoms with E-state index in [9.17, 15) is 4.79 Å². The van der Waals surface area contributed by atoms with Gasteiger partial charge in [-0.15, -0.1) is 0 Å². The Bertz CT molecular complexity index is 600. The van der Waals surface area contributed by atoms with Gasteiger partial charge < -0.3 is 10.5 Å². The number of rotatable bonds is 4. The molecule has 6 heteroatoms. The Morgan fingerprint density at radius 3 is 2.47 bits per heavy atom. The van der Waals surface area contributed by atoms with Crippen LogP contribution in [0.5, 0.6) is 5.75 Å². The Labute approximate surface area is 120 Å². The zero-order valence-electron chi connectivity index (χ0n) is 9.77. The van der Waals surface area contributed by atoms with Crippen LogP contribution in [0.2, 0.25) is 10.2 Å². The van der Waals surface area contributed by atoms with E-state index in [1.807, 2.05) is 0 Å². The monoisotopic (exact) mass is 296 g/mol. The summed E-state index contributed by atoms with van der Waals surface area (Å²) in [4.78, 5) is 15.0. The minimum atomic E-state index is -0.480. The summed E-state index contributed by atoms with van der Waals surface area (Å²) in [5, 5.41) is 0.838. The second-order valence-electron chi connectivity index (χ2n) is 3.74. The molecule has 0 spiro atoms. The minimum Gasteiger partial charge on any atom is -0.487 e. The molecular weight excluding hydrogens is 287 g/mol. The Hall–Kier alpha value is -1.78. The number of nitrogens with zero attached hydrogens (tertiary/aromatic N) is 1. The van der Waals surface area contributed by atoms with Gasteiger partial charge in [-0.2, -0.15) is 0 Å². The average molecular weight is 297 g/mol. The SMILES string of the molecule is NC(=O)c1ccc(OCc2nc(Cl)ccc2Cl)cc1. The normalized spacial score (nSPS) is 10.2. The molecule has 0 fully saturated rings. The molecule has 0 aliphatic heterocycles. The first-order valence-corrected chi connectivity index (χ1v) is 6.15. The number of carbonyl (C=O) groups is 1. The maximum absolute atomic E-state index is 10.9. The fraction of sp³-hybridized carbons (Fsp3) is 0.0769. The van der Waals surface area contributed by atoms with Crippen LogP contribution in [0.4, 0.5) is 0 Å². The Balaban J connectivity index is 2.06. The van der Waals surface area contributed by atoms with Crippen molar-refractivity contribution >= 4 is 29.1 Å². The highest BCUT2D eigenvalue weighted by molar-refractivity contribution is 6.32. The molecule has 0 saturated carbocycles. The minimum absolute atomic E-state index is 0.190. The van der Waals surface area contributed by atoms with Crippen molar-refractivity contribution in [1.82, 2.24) is 4.98 Å². The van der Waals surface area contributed by atoms with Gasteiger partial charge in [0.1, 0.15) is 17.5 Å². The molecule has 0 aliphatic carbocycles. The lowest BCUT2D eigenvalue weighted by atomic mass is 10.2. The topological polar surface area (TPSA) is 65.2 Å². The average Bonchev–Trinajstić information content (AvgIpc) is 2.40. The first-order valence-electron chi connectivity index (χ1n) is 5.40. The lowest BCUT2D eigenvalue weighted by molar-refractivity contribution is 0.100. The summed E-state index contributed by atoms with van der Waals surface area (Å²) >= 11 is 11.7. The number of carbonyl (C=O) groups excluding carboxylic acids is 1. The van der Waals surface area contributed by atoms with E-state index in [2.05, 4.69) is 4.98 Å². The maximum Gasteiger partial charge on any atom is 0.248 e. The van der Waals surface area contributed by atoms with Crippen LogP contribution in [0.3, 0.4) is 0 Å². The summed E-state index contributed by atoms with van der Waals surface area (Å²) in [5.41, 5.74) is 6.12. The van der Waals surface area contributed by atoms with E-state index in [1.165, 1.54) is 0 Å². The van der Waals surface area contributed by atoms with Crippen LogP contribution in [0.25, 0.3) is 0 Å². The second kappa shape index (κ2) is 5.91. The molecule has 1 aromatic carbocycles. The van der Waals surface area contributed by atoms with E-state index >= 15 is 0 Å². The molecule has 0 saturated heterocycles. The number of amides is 1. The highest BCUT2D eigenvalue weighted by atomic mass is 35.5. The number of benzene rings is 1. The molecule has 2 N–H and O–H groups in total. The quantitative estimate of drug-likeness (QED) is 0.882. The molecule has 4 nitrogen and oxygen atoms in total. The van der Waals surface area contributed by atoms with Crippen LogP contribution < -0.4 is 10.5 Å². The molecule has 0 bridgehead atoms. The van der Waals surface area contributed by atoms with Crippen molar-refractivity contribution in [2.75, 3.05) is 0 Å². The van der Waals surface area contributed by atoms with Crippen LogP contribution in [0.15, 0.2) is 36.4 Å². The van der Waals surface area contributed by atoms with Crippen LogP contribution in [-0.4, -0.2) is 10.9 Å². The number of nitrogens with two attached hydrogens (primary N) is 1. The first kappa shape index (κ1) is 13.6. The van der Waals surface area contributed by atoms with Crippen molar-refractivity contribution in [1.29, 1.82) is 0 Å². The standard InChI is InChI=1S/C13H10Cl2N2O2/c14-10-5-6-12(15)17-11(10)7-19-9-3-1-8(2-4-9)13(16)18/h1-6H,7H2,(H2,16,18). The number of aromatic nitrogens is 1. The molecule has 0 aliphatic rings. The van der Waals surface area contributed by atoms with Crippen molar-refractivity contribution in [3.8, 4) is 5.75 Å². The molecule has 0 radical (unpaired) electrons. The van der Waals surface area contributed by atoms with Crippen molar-refractivity contribution in [3.05, 3.63) is 57.8 Å². The molecule has 0 unspecified atom stereocenters. The lowest BCUT2D eigenvalue weighted by Gasteiger charge is -2.07. The number of pyridine rings is 1. The summed E-state index contributed by atoms with van der Waals surface area (Å²) in [7, 11) is 0. The Kier molecular flexibility index (Phi) is 4.24. The molecule has 1 heterocycles. The van der Waals surface area contributed by atoms with Crippen molar-refractivity contribution in [3.63, 3.8) is 0 Å². The predicted molar refractivity (Wildman–Crippen MR) is 73.5 cm³/mol. The van der Waals surface area contributed by atoms with Crippen molar-refractivity contribution in [2.24, 2.45) is 5.73 Å². The van der Waals surface area contributed by atoms with Gasteiger partial charge in [0.15, 0.2) is 0 Å². The van der Waals surface area contributed by atoms with Gasteiger partial charge in [0, 0.05) is 5.56 Å². The number of primary amides is 1. The van der Waals surface area contributed by atoms with Crippen LogP contribution in [0, 0.1) is 0 Å². The van der Waals surface area contributed by atoms with Gasteiger partial charge in [0.2, 0.25) is 5.91 Å². The third-order valence-electron chi connectivity index (χ3n) is 2.40. The molecule has 2 aromatic rings. The van der Waals surface area contributed by atoms with E-state index in [1.54, 1.807) is 36.4 Å². The zero-order chi connectivity index (χ0) is 13.8. The predicted octanol–water partition coefficient (Wildman–Crippen LogP) is 3.07. The Morgan fingerprint density at radius 2 is 1.84 bits per heavy atom. The molecule has 1 aromatic heterocycles. The van der Waals surface area contributed by atoms with E-state index in [4.69, 9.17) is 33.7 Å². The second-order valence-corrected chi connectivity index (χ2v) is 4.53. The van der Waals surface area contributed by atoms with Gasteiger partial charge in [-0.25, -0.2) is 4.98 Å². The fourth-order valence-corrected chi connectivity index (χ4v) is 1.75. The van der Waals surface area contributed by atoms with E-state index in [-0.39, 0.29) is 6.61 Å². The van der Waals surface area contributed by atoms with E-state index < -0.39 is 5.91 Å². The van der Waals surface area contributed by atoms with Crippen molar-refractivity contribution in [2.45, 2.75) is 6.61 Å². The van der Waals surface area contributed by atoms with Crippen molar-refractivity contribution < 1.29 is 9.53 Å². The van der Waals surface area contributed by atoms with Crippen LogP contribution in [0.1, 0.15) is 16.1 Å². The summed E-state index contributed by atoms with van der Waals surface area (Å²) in [5.74, 6) is 0.106. The van der Waals surface area contributed by atoms with Gasteiger partial charge in [-0.1, -0.05) is 23.2 Å². The molecule has 0 atom stereocenters. The zero-order valence-corrected chi connectivity index (χ0v) is 11.3. The molecular formula is C13H10Cl2N2O2. The Morgan fingerprint density at radius 1 is 1.16 bits per heavy atom. The van der Waals surface area contributed by atoms with Crippen LogP contribution >= 0.6 is 23.2 Å². The summed E-state index contributed by atoms with van der Waals surface area (Å²) in [6, 6.07) is 9.74. The summed E-state index contributed by atoms with van der Waals surface area (Å²) < 4.78 is 5.50. The molecule has 1 amide bonds. The van der Waals surface area contributed by atoms with Gasteiger partial charge in [0.05, 0.1) is 10.7 Å². The van der Waals surface area contributed by atoms with Gasteiger partial charge in [-0.3, -0.25) is 4.79 Å². The summed E-state index contributed by atoms with van der Waals surface area (Å²) in [6.45, 7) is 0.190.